The fourth-order valence-electron chi connectivity index (χ4n) is 2.78. The van der Waals surface area contributed by atoms with Crippen LogP contribution in [0.15, 0.2) is 78.9 Å². The monoisotopic (exact) mass is 362 g/mol. The third-order valence-corrected chi connectivity index (χ3v) is 5.06. The second-order valence-corrected chi connectivity index (χ2v) is 6.81. The van der Waals surface area contributed by atoms with E-state index in [0.717, 1.165) is 10.2 Å². The molecule has 0 unspecified atom stereocenters. The number of halogens is 1. The molecule has 0 aliphatic heterocycles. The zero-order valence-electron chi connectivity index (χ0n) is 13.8. The van der Waals surface area contributed by atoms with Crippen molar-refractivity contribution in [3.05, 3.63) is 90.2 Å². The fourth-order valence-corrected chi connectivity index (χ4v) is 3.78. The number of amides is 1. The van der Waals surface area contributed by atoms with E-state index in [1.807, 2.05) is 54.6 Å². The number of anilines is 2. The molecule has 0 atom stereocenters. The molecule has 26 heavy (non-hydrogen) atoms. The van der Waals surface area contributed by atoms with Crippen molar-refractivity contribution in [3.8, 4) is 0 Å². The van der Waals surface area contributed by atoms with E-state index in [2.05, 4.69) is 4.98 Å². The van der Waals surface area contributed by atoms with Gasteiger partial charge in [0, 0.05) is 0 Å². The topological polar surface area (TPSA) is 33.2 Å². The molecule has 3 nitrogen and oxygen atoms in total. The second-order valence-electron chi connectivity index (χ2n) is 5.80. The summed E-state index contributed by atoms with van der Waals surface area (Å²) in [5.74, 6) is -0.599. The van der Waals surface area contributed by atoms with Gasteiger partial charge >= 0.3 is 0 Å². The lowest BCUT2D eigenvalue weighted by Gasteiger charge is -2.20. The summed E-state index contributed by atoms with van der Waals surface area (Å²) in [6.07, 6.45) is -0.0303. The predicted molar refractivity (Wildman–Crippen MR) is 103 cm³/mol. The first-order chi connectivity index (χ1) is 12.7. The molecule has 4 rings (SSSR count). The molecule has 1 heterocycles. The highest BCUT2D eigenvalue weighted by molar-refractivity contribution is 7.22. The van der Waals surface area contributed by atoms with Gasteiger partial charge in [-0.2, -0.15) is 0 Å². The van der Waals surface area contributed by atoms with E-state index in [1.54, 1.807) is 23.1 Å². The Morgan fingerprint density at radius 2 is 1.62 bits per heavy atom. The molecule has 0 radical (unpaired) electrons. The van der Waals surface area contributed by atoms with Crippen molar-refractivity contribution in [1.29, 1.82) is 0 Å². The van der Waals surface area contributed by atoms with Gasteiger partial charge in [-0.15, -0.1) is 0 Å². The molecular weight excluding hydrogens is 347 g/mol. The van der Waals surface area contributed by atoms with Crippen LogP contribution in [0.4, 0.5) is 15.2 Å². The molecule has 1 aromatic heterocycles. The molecule has 1 amide bonds. The van der Waals surface area contributed by atoms with Gasteiger partial charge in [0.2, 0.25) is 5.91 Å². The minimum atomic E-state index is -0.377. The van der Waals surface area contributed by atoms with E-state index in [9.17, 15) is 9.18 Å². The van der Waals surface area contributed by atoms with Crippen LogP contribution in [0.3, 0.4) is 0 Å². The average Bonchev–Trinajstić information content (AvgIpc) is 3.08. The summed E-state index contributed by atoms with van der Waals surface area (Å²) in [4.78, 5) is 19.2. The average molecular weight is 362 g/mol. The SMILES string of the molecule is O=C(Cc1ccccc1F)N(c1ccccc1)c1nc2ccccc2s1. The van der Waals surface area contributed by atoms with E-state index < -0.39 is 0 Å². The van der Waals surface area contributed by atoms with Crippen molar-refractivity contribution in [2.75, 3.05) is 4.90 Å². The Hall–Kier alpha value is -3.05. The first-order valence-electron chi connectivity index (χ1n) is 8.19. The van der Waals surface area contributed by atoms with E-state index in [0.29, 0.717) is 16.4 Å². The molecule has 0 saturated heterocycles. The molecule has 128 valence electrons. The summed E-state index contributed by atoms with van der Waals surface area (Å²) < 4.78 is 15.0. The van der Waals surface area contributed by atoms with Gasteiger partial charge in [0.15, 0.2) is 5.13 Å². The number of thiazole rings is 1. The number of carbonyl (C=O) groups excluding carboxylic acids is 1. The van der Waals surface area contributed by atoms with Crippen molar-refractivity contribution in [1.82, 2.24) is 4.98 Å². The van der Waals surface area contributed by atoms with Gasteiger partial charge in [0.25, 0.3) is 0 Å². The molecule has 0 bridgehead atoms. The maximum atomic E-state index is 14.0. The number of hydrogen-bond acceptors (Lipinski definition) is 3. The van der Waals surface area contributed by atoms with Crippen molar-refractivity contribution in [2.45, 2.75) is 6.42 Å². The van der Waals surface area contributed by atoms with Gasteiger partial charge in [0.1, 0.15) is 5.82 Å². The maximum Gasteiger partial charge on any atom is 0.237 e. The van der Waals surface area contributed by atoms with Gasteiger partial charge in [-0.05, 0) is 35.9 Å². The van der Waals surface area contributed by atoms with Crippen LogP contribution >= 0.6 is 11.3 Å². The van der Waals surface area contributed by atoms with E-state index in [1.165, 1.54) is 17.4 Å². The molecular formula is C21H15FN2OS. The Morgan fingerprint density at radius 3 is 2.38 bits per heavy atom. The molecule has 5 heteroatoms. The Balaban J connectivity index is 1.76. The lowest BCUT2D eigenvalue weighted by atomic mass is 10.1. The number of nitrogens with zero attached hydrogens (tertiary/aromatic N) is 2. The van der Waals surface area contributed by atoms with Crippen molar-refractivity contribution < 1.29 is 9.18 Å². The fraction of sp³-hybridized carbons (Fsp3) is 0.0476. The molecule has 0 N–H and O–H groups in total. The van der Waals surface area contributed by atoms with Crippen LogP contribution in [0.5, 0.6) is 0 Å². The second kappa shape index (κ2) is 7.06. The minimum absolute atomic E-state index is 0.0303. The van der Waals surface area contributed by atoms with Crippen LogP contribution in [-0.4, -0.2) is 10.9 Å². The van der Waals surface area contributed by atoms with E-state index in [4.69, 9.17) is 0 Å². The Bertz CT molecular complexity index is 1030. The summed E-state index contributed by atoms with van der Waals surface area (Å²) in [6.45, 7) is 0. The van der Waals surface area contributed by atoms with Crippen LogP contribution < -0.4 is 4.90 Å². The van der Waals surface area contributed by atoms with Crippen molar-refractivity contribution >= 4 is 38.3 Å². The van der Waals surface area contributed by atoms with Crippen molar-refractivity contribution in [3.63, 3.8) is 0 Å². The standard InChI is InChI=1S/C21H15FN2OS/c22-17-11-5-4-8-15(17)14-20(25)24(16-9-2-1-3-10-16)21-23-18-12-6-7-13-19(18)26-21/h1-13H,14H2. The third-order valence-electron chi connectivity index (χ3n) is 4.04. The molecule has 0 spiro atoms. The Morgan fingerprint density at radius 1 is 0.923 bits per heavy atom. The summed E-state index contributed by atoms with van der Waals surface area (Å²) in [5, 5.41) is 0.582. The summed E-state index contributed by atoms with van der Waals surface area (Å²) in [5.41, 5.74) is 1.93. The van der Waals surface area contributed by atoms with Gasteiger partial charge in [-0.3, -0.25) is 9.69 Å². The number of carbonyl (C=O) groups is 1. The highest BCUT2D eigenvalue weighted by atomic mass is 32.1. The van der Waals surface area contributed by atoms with Crippen LogP contribution in [0.1, 0.15) is 5.56 Å². The first-order valence-corrected chi connectivity index (χ1v) is 9.01. The van der Waals surface area contributed by atoms with Gasteiger partial charge in [0.05, 0.1) is 22.3 Å². The summed E-state index contributed by atoms with van der Waals surface area (Å²) >= 11 is 1.44. The van der Waals surface area contributed by atoms with E-state index >= 15 is 0 Å². The minimum Gasteiger partial charge on any atom is -0.274 e. The Kier molecular flexibility index (Phi) is 4.46. The van der Waals surface area contributed by atoms with Crippen LogP contribution in [0.25, 0.3) is 10.2 Å². The maximum absolute atomic E-state index is 14.0. The molecule has 0 aliphatic rings. The number of fused-ring (bicyclic) bond motifs is 1. The summed E-state index contributed by atoms with van der Waals surface area (Å²) in [7, 11) is 0. The third kappa shape index (κ3) is 3.21. The lowest BCUT2D eigenvalue weighted by Crippen LogP contribution is -2.27. The highest BCUT2D eigenvalue weighted by Gasteiger charge is 2.22. The zero-order chi connectivity index (χ0) is 17.9. The van der Waals surface area contributed by atoms with Gasteiger partial charge in [-0.25, -0.2) is 9.37 Å². The molecule has 4 aromatic rings. The van der Waals surface area contributed by atoms with Gasteiger partial charge < -0.3 is 0 Å². The normalized spacial score (nSPS) is 10.8. The van der Waals surface area contributed by atoms with Crippen LogP contribution in [0.2, 0.25) is 0 Å². The summed E-state index contributed by atoms with van der Waals surface area (Å²) in [6, 6.07) is 23.4. The number of para-hydroxylation sites is 2. The lowest BCUT2D eigenvalue weighted by molar-refractivity contribution is -0.117. The highest BCUT2D eigenvalue weighted by Crippen LogP contribution is 2.33. The predicted octanol–water partition coefficient (Wildman–Crippen LogP) is 5.34. The zero-order valence-corrected chi connectivity index (χ0v) is 14.6. The number of benzene rings is 3. The molecule has 0 aliphatic carbocycles. The molecule has 3 aromatic carbocycles. The molecule has 0 saturated carbocycles. The van der Waals surface area contributed by atoms with Gasteiger partial charge in [-0.1, -0.05) is 59.9 Å². The molecule has 0 fully saturated rings. The largest absolute Gasteiger partial charge is 0.274 e. The van der Waals surface area contributed by atoms with Crippen LogP contribution in [-0.2, 0) is 11.2 Å². The van der Waals surface area contributed by atoms with Crippen LogP contribution in [0, 0.1) is 5.82 Å². The van der Waals surface area contributed by atoms with Crippen molar-refractivity contribution in [2.24, 2.45) is 0 Å². The number of rotatable bonds is 4. The number of hydrogen-bond donors (Lipinski definition) is 0. The first kappa shape index (κ1) is 16.4. The number of aromatic nitrogens is 1. The van der Waals surface area contributed by atoms with E-state index in [-0.39, 0.29) is 18.1 Å². The smallest absolute Gasteiger partial charge is 0.237 e. The Labute approximate surface area is 154 Å². The quantitative estimate of drug-likeness (QED) is 0.491.